The summed E-state index contributed by atoms with van der Waals surface area (Å²) in [5.74, 6) is 0. The van der Waals surface area contributed by atoms with E-state index in [-0.39, 0.29) is 0 Å². The van der Waals surface area contributed by atoms with Crippen LogP contribution in [-0.4, -0.2) is 0 Å². The van der Waals surface area contributed by atoms with Crippen LogP contribution in [0.5, 0.6) is 0 Å². The Balaban J connectivity index is 0.00000171. The normalized spacial score (nSPS) is 12.4. The Kier molecular flexibility index (Phi) is 7.29. The predicted octanol–water partition coefficient (Wildman–Crippen LogP) is 11.8. The SMILES string of the molecule is CC.N#Cc1ccc2c(c1)C1(c3ccccc3-c3ccccc31)c1cc(-c3cc(-c4ccccc4)c(C#N)c(-c4ccccc4)c3)ccc1-2. The minimum Gasteiger partial charge on any atom is -0.192 e. The highest BCUT2D eigenvalue weighted by Gasteiger charge is 2.51. The Morgan fingerprint density at radius 3 is 1.37 bits per heavy atom. The highest BCUT2D eigenvalue weighted by Crippen LogP contribution is 2.63. The van der Waals surface area contributed by atoms with Gasteiger partial charge in [0.15, 0.2) is 0 Å². The number of rotatable bonds is 3. The molecule has 0 aliphatic heterocycles. The van der Waals surface area contributed by atoms with Gasteiger partial charge >= 0.3 is 0 Å². The Morgan fingerprint density at radius 2 is 0.837 bits per heavy atom. The molecule has 2 aliphatic rings. The molecular weight excluding hydrogens is 593 g/mol. The minimum atomic E-state index is -0.558. The third kappa shape index (κ3) is 4.39. The van der Waals surface area contributed by atoms with Crippen LogP contribution in [0.3, 0.4) is 0 Å². The fourth-order valence-electron chi connectivity index (χ4n) is 8.01. The molecule has 0 N–H and O–H groups in total. The number of benzene rings is 7. The van der Waals surface area contributed by atoms with Gasteiger partial charge < -0.3 is 0 Å². The summed E-state index contributed by atoms with van der Waals surface area (Å²) >= 11 is 0. The van der Waals surface area contributed by atoms with Crippen molar-refractivity contribution >= 4 is 0 Å². The van der Waals surface area contributed by atoms with Crippen LogP contribution in [0, 0.1) is 22.7 Å². The van der Waals surface area contributed by atoms with Gasteiger partial charge in [0.1, 0.15) is 6.07 Å². The summed E-state index contributed by atoms with van der Waals surface area (Å²) in [4.78, 5) is 0. The number of hydrogen-bond donors (Lipinski definition) is 0. The average molecular weight is 625 g/mol. The molecule has 9 rings (SSSR count). The Bertz CT molecular complexity index is 2370. The second-order valence-electron chi connectivity index (χ2n) is 12.3. The van der Waals surface area contributed by atoms with Crippen LogP contribution in [0.1, 0.15) is 47.2 Å². The number of nitriles is 2. The van der Waals surface area contributed by atoms with Crippen molar-refractivity contribution in [2.45, 2.75) is 19.3 Å². The van der Waals surface area contributed by atoms with Gasteiger partial charge in [-0.05, 0) is 97.1 Å². The second-order valence-corrected chi connectivity index (χ2v) is 12.3. The van der Waals surface area contributed by atoms with Crippen LogP contribution >= 0.6 is 0 Å². The lowest BCUT2D eigenvalue weighted by atomic mass is 9.70. The van der Waals surface area contributed by atoms with Gasteiger partial charge in [0.05, 0.1) is 22.6 Å². The molecule has 7 aromatic rings. The van der Waals surface area contributed by atoms with Crippen molar-refractivity contribution in [3.63, 3.8) is 0 Å². The minimum absolute atomic E-state index is 0.558. The van der Waals surface area contributed by atoms with Crippen molar-refractivity contribution in [3.05, 3.63) is 191 Å². The van der Waals surface area contributed by atoms with E-state index in [1.54, 1.807) is 0 Å². The van der Waals surface area contributed by atoms with E-state index in [0.717, 1.165) is 44.5 Å². The summed E-state index contributed by atoms with van der Waals surface area (Å²) in [5, 5.41) is 20.5. The van der Waals surface area contributed by atoms with Crippen molar-refractivity contribution < 1.29 is 0 Å². The first-order chi connectivity index (χ1) is 24.2. The van der Waals surface area contributed by atoms with E-state index in [2.05, 4.69) is 127 Å². The van der Waals surface area contributed by atoms with Gasteiger partial charge in [-0.1, -0.05) is 141 Å². The molecule has 0 heterocycles. The van der Waals surface area contributed by atoms with Gasteiger partial charge in [0.25, 0.3) is 0 Å². The molecule has 2 aliphatic carbocycles. The maximum Gasteiger partial charge on any atom is 0.100 e. The molecule has 0 unspecified atom stereocenters. The first-order valence-electron chi connectivity index (χ1n) is 16.8. The second kappa shape index (κ2) is 12.0. The van der Waals surface area contributed by atoms with Crippen LogP contribution < -0.4 is 0 Å². The quantitative estimate of drug-likeness (QED) is 0.196. The molecule has 0 amide bonds. The van der Waals surface area contributed by atoms with E-state index < -0.39 is 5.41 Å². The molecule has 0 saturated heterocycles. The van der Waals surface area contributed by atoms with Crippen LogP contribution in [0.2, 0.25) is 0 Å². The summed E-state index contributed by atoms with van der Waals surface area (Å²) in [6.07, 6.45) is 0. The van der Waals surface area contributed by atoms with Gasteiger partial charge in [0, 0.05) is 11.1 Å². The Hall–Kier alpha value is -6.48. The number of hydrogen-bond acceptors (Lipinski definition) is 2. The molecule has 0 atom stereocenters. The highest BCUT2D eigenvalue weighted by atomic mass is 14.5. The van der Waals surface area contributed by atoms with E-state index in [1.807, 2.05) is 56.3 Å². The standard InChI is InChI=1S/C45H26N2.C2H6/c46-27-29-19-21-36-37-22-20-32(26-44(37)45(43(36)23-29)41-17-9-7-15-34(41)35-16-8-10-18-42(35)45)33-24-38(30-11-3-1-4-12-30)40(28-47)39(25-33)31-13-5-2-6-14-31;1-2/h1-26H;1-2H3. The molecule has 2 nitrogen and oxygen atoms in total. The van der Waals surface area contributed by atoms with E-state index in [9.17, 15) is 10.5 Å². The fraction of sp³-hybridized carbons (Fsp3) is 0.0638. The monoisotopic (exact) mass is 624 g/mol. The smallest absolute Gasteiger partial charge is 0.100 e. The zero-order valence-electron chi connectivity index (χ0n) is 27.4. The zero-order chi connectivity index (χ0) is 33.5. The third-order valence-corrected chi connectivity index (χ3v) is 9.97. The highest BCUT2D eigenvalue weighted by molar-refractivity contribution is 5.97. The van der Waals surface area contributed by atoms with Crippen molar-refractivity contribution in [2.75, 3.05) is 0 Å². The topological polar surface area (TPSA) is 47.6 Å². The van der Waals surface area contributed by atoms with E-state index in [0.29, 0.717) is 11.1 Å². The van der Waals surface area contributed by atoms with Crippen LogP contribution in [0.25, 0.3) is 55.6 Å². The van der Waals surface area contributed by atoms with E-state index in [4.69, 9.17) is 0 Å². The molecule has 230 valence electrons. The lowest BCUT2D eigenvalue weighted by Crippen LogP contribution is -2.26. The lowest BCUT2D eigenvalue weighted by molar-refractivity contribution is 0.793. The summed E-state index contributed by atoms with van der Waals surface area (Å²) in [7, 11) is 0. The van der Waals surface area contributed by atoms with Gasteiger partial charge in [-0.25, -0.2) is 0 Å². The first-order valence-corrected chi connectivity index (χ1v) is 16.8. The largest absolute Gasteiger partial charge is 0.192 e. The summed E-state index contributed by atoms with van der Waals surface area (Å²) < 4.78 is 0. The first kappa shape index (κ1) is 29.9. The average Bonchev–Trinajstić information content (AvgIpc) is 3.65. The van der Waals surface area contributed by atoms with Crippen molar-refractivity contribution in [3.8, 4) is 67.8 Å². The number of nitrogens with zero attached hydrogens (tertiary/aromatic N) is 2. The van der Waals surface area contributed by atoms with Crippen LogP contribution in [0.4, 0.5) is 0 Å². The maximum absolute atomic E-state index is 10.5. The van der Waals surface area contributed by atoms with Crippen molar-refractivity contribution in [2.24, 2.45) is 0 Å². The summed E-state index contributed by atoms with van der Waals surface area (Å²) in [5.41, 5.74) is 16.4. The predicted molar refractivity (Wildman–Crippen MR) is 200 cm³/mol. The van der Waals surface area contributed by atoms with Gasteiger partial charge in [-0.2, -0.15) is 10.5 Å². The molecule has 0 saturated carbocycles. The van der Waals surface area contributed by atoms with Crippen LogP contribution in [0.15, 0.2) is 158 Å². The molecule has 0 radical (unpaired) electrons. The summed E-state index contributed by atoms with van der Waals surface area (Å²) in [6, 6.07) is 60.0. The molecule has 0 aromatic heterocycles. The van der Waals surface area contributed by atoms with Gasteiger partial charge in [-0.3, -0.25) is 0 Å². The molecule has 49 heavy (non-hydrogen) atoms. The Labute approximate surface area is 287 Å². The van der Waals surface area contributed by atoms with Crippen molar-refractivity contribution in [1.82, 2.24) is 0 Å². The molecule has 2 heteroatoms. The summed E-state index contributed by atoms with van der Waals surface area (Å²) in [6.45, 7) is 4.00. The lowest BCUT2D eigenvalue weighted by Gasteiger charge is -2.31. The van der Waals surface area contributed by atoms with E-state index in [1.165, 1.54) is 33.4 Å². The fourth-order valence-corrected chi connectivity index (χ4v) is 8.01. The number of fused-ring (bicyclic) bond motifs is 10. The molecule has 0 bridgehead atoms. The molecule has 0 fully saturated rings. The van der Waals surface area contributed by atoms with E-state index >= 15 is 0 Å². The maximum atomic E-state index is 10.5. The molecular formula is C47H32N2. The Morgan fingerprint density at radius 1 is 0.367 bits per heavy atom. The van der Waals surface area contributed by atoms with Gasteiger partial charge in [0.2, 0.25) is 0 Å². The zero-order valence-corrected chi connectivity index (χ0v) is 27.4. The molecule has 1 spiro atoms. The molecule has 7 aromatic carbocycles. The van der Waals surface area contributed by atoms with Crippen LogP contribution in [-0.2, 0) is 5.41 Å². The third-order valence-electron chi connectivity index (χ3n) is 9.97. The van der Waals surface area contributed by atoms with Gasteiger partial charge in [-0.15, -0.1) is 0 Å². The van der Waals surface area contributed by atoms with Crippen molar-refractivity contribution in [1.29, 1.82) is 10.5 Å².